The smallest absolute Gasteiger partial charge is 0.271 e. The van der Waals surface area contributed by atoms with Crippen LogP contribution in [0.25, 0.3) is 0 Å². The second kappa shape index (κ2) is 5.42. The first kappa shape index (κ1) is 12.9. The van der Waals surface area contributed by atoms with E-state index in [-0.39, 0.29) is 11.9 Å². The number of aromatic nitrogens is 2. The third-order valence-corrected chi connectivity index (χ3v) is 3.67. The van der Waals surface area contributed by atoms with Crippen LogP contribution in [-0.4, -0.2) is 21.7 Å². The van der Waals surface area contributed by atoms with Gasteiger partial charge in [-0.05, 0) is 19.8 Å². The summed E-state index contributed by atoms with van der Waals surface area (Å²) < 4.78 is 1.57. The Morgan fingerprint density at radius 2 is 1.94 bits per heavy atom. The molecule has 100 valence electrons. The maximum absolute atomic E-state index is 12.2. The van der Waals surface area contributed by atoms with Crippen molar-refractivity contribution in [3.05, 3.63) is 11.4 Å². The number of nitrogens with one attached hydrogen (secondary N) is 1. The Kier molecular flexibility index (Phi) is 3.89. The van der Waals surface area contributed by atoms with Gasteiger partial charge in [0.1, 0.15) is 5.69 Å². The summed E-state index contributed by atoms with van der Waals surface area (Å²) in [5.74, 6) is -0.0949. The monoisotopic (exact) mass is 250 g/mol. The zero-order chi connectivity index (χ0) is 13.1. The first-order chi connectivity index (χ1) is 8.59. The lowest BCUT2D eigenvalue weighted by Gasteiger charge is -2.16. The van der Waals surface area contributed by atoms with E-state index in [9.17, 15) is 4.79 Å². The summed E-state index contributed by atoms with van der Waals surface area (Å²) in [4.78, 5) is 12.2. The zero-order valence-electron chi connectivity index (χ0n) is 11.2. The molecule has 5 nitrogen and oxygen atoms in total. The standard InChI is InChI=1S/C13H22N4O/c1-9-11(14)12(17(2)16-9)13(18)15-10-7-5-3-4-6-8-10/h10H,3-8,14H2,1-2H3,(H,15,18). The van der Waals surface area contributed by atoms with Gasteiger partial charge in [-0.3, -0.25) is 9.48 Å². The van der Waals surface area contributed by atoms with Crippen LogP contribution >= 0.6 is 0 Å². The van der Waals surface area contributed by atoms with E-state index < -0.39 is 0 Å². The van der Waals surface area contributed by atoms with E-state index in [1.165, 1.54) is 25.7 Å². The van der Waals surface area contributed by atoms with Gasteiger partial charge in [-0.1, -0.05) is 25.7 Å². The Balaban J connectivity index is 2.06. The van der Waals surface area contributed by atoms with Crippen molar-refractivity contribution < 1.29 is 4.79 Å². The van der Waals surface area contributed by atoms with E-state index in [0.717, 1.165) is 12.8 Å². The van der Waals surface area contributed by atoms with Gasteiger partial charge in [-0.25, -0.2) is 0 Å². The molecule has 1 heterocycles. The van der Waals surface area contributed by atoms with Gasteiger partial charge in [0.25, 0.3) is 5.91 Å². The van der Waals surface area contributed by atoms with Crippen molar-refractivity contribution in [1.82, 2.24) is 15.1 Å². The number of hydrogen-bond acceptors (Lipinski definition) is 3. The van der Waals surface area contributed by atoms with Gasteiger partial charge in [0, 0.05) is 13.1 Å². The number of amides is 1. The Morgan fingerprint density at radius 1 is 1.33 bits per heavy atom. The number of nitrogen functional groups attached to an aromatic ring is 1. The zero-order valence-corrected chi connectivity index (χ0v) is 11.2. The third-order valence-electron chi connectivity index (χ3n) is 3.67. The van der Waals surface area contributed by atoms with E-state index in [0.29, 0.717) is 17.1 Å². The molecule has 1 aliphatic carbocycles. The van der Waals surface area contributed by atoms with Gasteiger partial charge >= 0.3 is 0 Å². The molecule has 1 saturated carbocycles. The average Bonchev–Trinajstić information content (AvgIpc) is 2.52. The molecule has 0 radical (unpaired) electrons. The van der Waals surface area contributed by atoms with Crippen LogP contribution in [0.3, 0.4) is 0 Å². The van der Waals surface area contributed by atoms with Crippen LogP contribution in [0, 0.1) is 6.92 Å². The molecule has 0 unspecified atom stereocenters. The van der Waals surface area contributed by atoms with Crippen molar-refractivity contribution in [3.8, 4) is 0 Å². The molecule has 0 bridgehead atoms. The van der Waals surface area contributed by atoms with Gasteiger partial charge in [0.15, 0.2) is 0 Å². The molecule has 3 N–H and O–H groups in total. The fraction of sp³-hybridized carbons (Fsp3) is 0.692. The summed E-state index contributed by atoms with van der Waals surface area (Å²) in [5, 5.41) is 7.26. The molecule has 0 saturated heterocycles. The predicted octanol–water partition coefficient (Wildman–Crippen LogP) is 1.76. The average molecular weight is 250 g/mol. The molecule has 1 fully saturated rings. The Hall–Kier alpha value is -1.52. The first-order valence-corrected chi connectivity index (χ1v) is 6.69. The van der Waals surface area contributed by atoms with Crippen molar-refractivity contribution in [2.75, 3.05) is 5.73 Å². The second-order valence-electron chi connectivity index (χ2n) is 5.13. The minimum Gasteiger partial charge on any atom is -0.395 e. The number of carbonyl (C=O) groups excluding carboxylic acids is 1. The summed E-state index contributed by atoms with van der Waals surface area (Å²) in [6.07, 6.45) is 7.10. The van der Waals surface area contributed by atoms with Crippen molar-refractivity contribution in [3.63, 3.8) is 0 Å². The van der Waals surface area contributed by atoms with Gasteiger partial charge in [0.05, 0.1) is 11.4 Å². The number of rotatable bonds is 2. The van der Waals surface area contributed by atoms with Crippen LogP contribution in [0.15, 0.2) is 0 Å². The number of anilines is 1. The molecule has 1 aliphatic rings. The number of nitrogens with two attached hydrogens (primary N) is 1. The summed E-state index contributed by atoms with van der Waals surface area (Å²) in [5.41, 5.74) is 7.58. The maximum atomic E-state index is 12.2. The summed E-state index contributed by atoms with van der Waals surface area (Å²) in [7, 11) is 1.76. The van der Waals surface area contributed by atoms with E-state index in [4.69, 9.17) is 5.73 Å². The molecule has 18 heavy (non-hydrogen) atoms. The molecule has 1 aromatic heterocycles. The molecule has 5 heteroatoms. The maximum Gasteiger partial charge on any atom is 0.271 e. The summed E-state index contributed by atoms with van der Waals surface area (Å²) in [6.45, 7) is 1.82. The van der Waals surface area contributed by atoms with E-state index in [2.05, 4.69) is 10.4 Å². The number of hydrogen-bond donors (Lipinski definition) is 2. The van der Waals surface area contributed by atoms with Gasteiger partial charge in [0.2, 0.25) is 0 Å². The molecular formula is C13H22N4O. The summed E-state index contributed by atoms with van der Waals surface area (Å²) in [6, 6.07) is 0.287. The molecule has 0 aromatic carbocycles. The Bertz CT molecular complexity index is 430. The number of nitrogens with zero attached hydrogens (tertiary/aromatic N) is 2. The van der Waals surface area contributed by atoms with Crippen molar-refractivity contribution >= 4 is 11.6 Å². The van der Waals surface area contributed by atoms with E-state index in [1.807, 2.05) is 6.92 Å². The first-order valence-electron chi connectivity index (χ1n) is 6.69. The largest absolute Gasteiger partial charge is 0.395 e. The topological polar surface area (TPSA) is 72.9 Å². The highest BCUT2D eigenvalue weighted by Gasteiger charge is 2.21. The fourth-order valence-electron chi connectivity index (χ4n) is 2.62. The molecular weight excluding hydrogens is 228 g/mol. The van der Waals surface area contributed by atoms with Crippen molar-refractivity contribution in [2.45, 2.75) is 51.5 Å². The minimum atomic E-state index is -0.0949. The number of aryl methyl sites for hydroxylation is 2. The quantitative estimate of drug-likeness (QED) is 0.786. The van der Waals surface area contributed by atoms with Crippen LogP contribution in [-0.2, 0) is 7.05 Å². The predicted molar refractivity (Wildman–Crippen MR) is 71.3 cm³/mol. The molecule has 2 rings (SSSR count). The van der Waals surface area contributed by atoms with Crippen LogP contribution in [0.1, 0.15) is 54.7 Å². The normalized spacial score (nSPS) is 17.4. The fourth-order valence-corrected chi connectivity index (χ4v) is 2.62. The highest BCUT2D eigenvalue weighted by atomic mass is 16.2. The van der Waals surface area contributed by atoms with E-state index in [1.54, 1.807) is 11.7 Å². The highest BCUT2D eigenvalue weighted by molar-refractivity contribution is 5.98. The number of carbonyl (C=O) groups is 1. The molecule has 1 aromatic rings. The van der Waals surface area contributed by atoms with Gasteiger partial charge < -0.3 is 11.1 Å². The van der Waals surface area contributed by atoms with Crippen molar-refractivity contribution in [1.29, 1.82) is 0 Å². The molecule has 0 atom stereocenters. The van der Waals surface area contributed by atoms with Crippen LogP contribution in [0.5, 0.6) is 0 Å². The Morgan fingerprint density at radius 3 is 2.44 bits per heavy atom. The molecule has 0 aliphatic heterocycles. The lowest BCUT2D eigenvalue weighted by Crippen LogP contribution is -2.35. The van der Waals surface area contributed by atoms with Gasteiger partial charge in [-0.2, -0.15) is 5.10 Å². The highest BCUT2D eigenvalue weighted by Crippen LogP contribution is 2.19. The van der Waals surface area contributed by atoms with Gasteiger partial charge in [-0.15, -0.1) is 0 Å². The molecule has 1 amide bonds. The lowest BCUT2D eigenvalue weighted by molar-refractivity contribution is 0.0925. The minimum absolute atomic E-state index is 0.0949. The Labute approximate surface area is 108 Å². The SMILES string of the molecule is Cc1nn(C)c(C(=O)NC2CCCCCC2)c1N. The van der Waals surface area contributed by atoms with Crippen LogP contribution in [0.4, 0.5) is 5.69 Å². The van der Waals surface area contributed by atoms with E-state index >= 15 is 0 Å². The lowest BCUT2D eigenvalue weighted by atomic mass is 10.1. The molecule has 0 spiro atoms. The van der Waals surface area contributed by atoms with Crippen LogP contribution < -0.4 is 11.1 Å². The second-order valence-corrected chi connectivity index (χ2v) is 5.13. The summed E-state index contributed by atoms with van der Waals surface area (Å²) >= 11 is 0. The van der Waals surface area contributed by atoms with Crippen LogP contribution in [0.2, 0.25) is 0 Å². The third kappa shape index (κ3) is 2.66. The van der Waals surface area contributed by atoms with Crippen molar-refractivity contribution in [2.24, 2.45) is 7.05 Å².